The van der Waals surface area contributed by atoms with Gasteiger partial charge in [0.1, 0.15) is 0 Å². The number of nitrogens with one attached hydrogen (secondary N) is 2. The van der Waals surface area contributed by atoms with E-state index in [2.05, 4.69) is 10.6 Å². The van der Waals surface area contributed by atoms with E-state index in [9.17, 15) is 4.79 Å². The van der Waals surface area contributed by atoms with E-state index in [0.717, 1.165) is 38.4 Å². The quantitative estimate of drug-likeness (QED) is 0.776. The number of carbonyl (C=O) groups is 1. The van der Waals surface area contributed by atoms with Gasteiger partial charge in [0.05, 0.1) is 12.0 Å². The summed E-state index contributed by atoms with van der Waals surface area (Å²) in [5.74, 6) is 0.938. The SMILES string of the molecule is COCC1(C(=O)NCC2CC2)CCNCC1.Cl. The molecule has 0 aromatic carbocycles. The van der Waals surface area contributed by atoms with Crippen LogP contribution in [0.1, 0.15) is 25.7 Å². The van der Waals surface area contributed by atoms with Gasteiger partial charge < -0.3 is 15.4 Å². The Morgan fingerprint density at radius 1 is 1.41 bits per heavy atom. The Morgan fingerprint density at radius 2 is 2.06 bits per heavy atom. The van der Waals surface area contributed by atoms with Crippen LogP contribution in [0, 0.1) is 11.3 Å². The molecule has 0 radical (unpaired) electrons. The van der Waals surface area contributed by atoms with Crippen LogP contribution in [0.3, 0.4) is 0 Å². The first kappa shape index (κ1) is 14.7. The summed E-state index contributed by atoms with van der Waals surface area (Å²) in [5, 5.41) is 6.39. The fourth-order valence-corrected chi connectivity index (χ4v) is 2.37. The first-order chi connectivity index (χ1) is 7.77. The number of amides is 1. The minimum Gasteiger partial charge on any atom is -0.384 e. The maximum absolute atomic E-state index is 12.2. The van der Waals surface area contributed by atoms with Crippen LogP contribution in [0.5, 0.6) is 0 Å². The Labute approximate surface area is 109 Å². The molecule has 1 amide bonds. The van der Waals surface area contributed by atoms with E-state index in [1.54, 1.807) is 7.11 Å². The standard InChI is InChI=1S/C12H22N2O2.ClH/c1-16-9-12(4-6-13-7-5-12)11(15)14-8-10-2-3-10;/h10,13H,2-9H2,1H3,(H,14,15);1H. The van der Waals surface area contributed by atoms with Crippen molar-refractivity contribution < 1.29 is 9.53 Å². The minimum absolute atomic E-state index is 0. The van der Waals surface area contributed by atoms with Crippen LogP contribution in [0.4, 0.5) is 0 Å². The Balaban J connectivity index is 0.00000144. The lowest BCUT2D eigenvalue weighted by Crippen LogP contribution is -2.50. The van der Waals surface area contributed by atoms with E-state index >= 15 is 0 Å². The third-order valence-corrected chi connectivity index (χ3v) is 3.71. The van der Waals surface area contributed by atoms with E-state index in [1.165, 1.54) is 12.8 Å². The van der Waals surface area contributed by atoms with Crippen LogP contribution in [0.2, 0.25) is 0 Å². The van der Waals surface area contributed by atoms with Gasteiger partial charge in [-0.3, -0.25) is 4.79 Å². The van der Waals surface area contributed by atoms with Crippen LogP contribution in [0.25, 0.3) is 0 Å². The average molecular weight is 263 g/mol. The zero-order chi connectivity index (χ0) is 11.4. The van der Waals surface area contributed by atoms with E-state index < -0.39 is 0 Å². The number of rotatable bonds is 5. The smallest absolute Gasteiger partial charge is 0.228 e. The lowest BCUT2D eigenvalue weighted by molar-refractivity contribution is -0.136. The summed E-state index contributed by atoms with van der Waals surface area (Å²) in [6.45, 7) is 3.24. The summed E-state index contributed by atoms with van der Waals surface area (Å²) in [4.78, 5) is 12.2. The lowest BCUT2D eigenvalue weighted by Gasteiger charge is -2.35. The first-order valence-electron chi connectivity index (χ1n) is 6.25. The second kappa shape index (κ2) is 6.57. The topological polar surface area (TPSA) is 50.4 Å². The van der Waals surface area contributed by atoms with E-state index in [-0.39, 0.29) is 23.7 Å². The monoisotopic (exact) mass is 262 g/mol. The summed E-state index contributed by atoms with van der Waals surface area (Å²) in [7, 11) is 1.68. The van der Waals surface area contributed by atoms with Crippen molar-refractivity contribution in [3.05, 3.63) is 0 Å². The van der Waals surface area contributed by atoms with Crippen molar-refractivity contribution >= 4 is 18.3 Å². The Hall–Kier alpha value is -0.320. The van der Waals surface area contributed by atoms with E-state index in [1.807, 2.05) is 0 Å². The Kier molecular flexibility index (Phi) is 5.70. The third kappa shape index (κ3) is 3.83. The molecule has 2 aliphatic rings. The molecule has 4 nitrogen and oxygen atoms in total. The first-order valence-corrected chi connectivity index (χ1v) is 6.25. The molecule has 2 fully saturated rings. The highest BCUT2D eigenvalue weighted by molar-refractivity contribution is 5.85. The van der Waals surface area contributed by atoms with Gasteiger partial charge >= 0.3 is 0 Å². The maximum atomic E-state index is 12.2. The molecule has 5 heteroatoms. The van der Waals surface area contributed by atoms with Crippen molar-refractivity contribution in [1.29, 1.82) is 0 Å². The predicted octanol–water partition coefficient (Wildman–Crippen LogP) is 0.951. The number of hydrogen-bond acceptors (Lipinski definition) is 3. The van der Waals surface area contributed by atoms with Crippen molar-refractivity contribution in [2.24, 2.45) is 11.3 Å². The summed E-state index contributed by atoms with van der Waals surface area (Å²) in [6, 6.07) is 0. The van der Waals surface area contributed by atoms with Crippen molar-refractivity contribution in [3.63, 3.8) is 0 Å². The lowest BCUT2D eigenvalue weighted by atomic mass is 9.78. The Bertz CT molecular complexity index is 245. The van der Waals surface area contributed by atoms with Gasteiger partial charge in [-0.15, -0.1) is 12.4 Å². The van der Waals surface area contributed by atoms with E-state index in [0.29, 0.717) is 6.61 Å². The van der Waals surface area contributed by atoms with Crippen LogP contribution in [-0.2, 0) is 9.53 Å². The normalized spacial score (nSPS) is 22.6. The zero-order valence-electron chi connectivity index (χ0n) is 10.5. The van der Waals surface area contributed by atoms with Crippen LogP contribution in [-0.4, -0.2) is 39.3 Å². The molecule has 0 bridgehead atoms. The van der Waals surface area contributed by atoms with Crippen molar-refractivity contribution in [2.75, 3.05) is 33.4 Å². The number of piperidine rings is 1. The molecule has 100 valence electrons. The molecule has 2 rings (SSSR count). The molecule has 0 spiro atoms. The largest absolute Gasteiger partial charge is 0.384 e. The number of ether oxygens (including phenoxy) is 1. The summed E-state index contributed by atoms with van der Waals surface area (Å²) >= 11 is 0. The number of halogens is 1. The summed E-state index contributed by atoms with van der Waals surface area (Å²) < 4.78 is 5.24. The predicted molar refractivity (Wildman–Crippen MR) is 69.4 cm³/mol. The fraction of sp³-hybridized carbons (Fsp3) is 0.917. The molecule has 17 heavy (non-hydrogen) atoms. The van der Waals surface area contributed by atoms with Crippen LogP contribution in [0.15, 0.2) is 0 Å². The van der Waals surface area contributed by atoms with Gasteiger partial charge in [0.25, 0.3) is 0 Å². The van der Waals surface area contributed by atoms with Gasteiger partial charge in [0, 0.05) is 13.7 Å². The number of carbonyl (C=O) groups excluding carboxylic acids is 1. The average Bonchev–Trinajstić information content (AvgIpc) is 3.11. The molecule has 1 saturated carbocycles. The highest BCUT2D eigenvalue weighted by atomic mass is 35.5. The number of hydrogen-bond donors (Lipinski definition) is 2. The van der Waals surface area contributed by atoms with Gasteiger partial charge in [-0.1, -0.05) is 0 Å². The highest BCUT2D eigenvalue weighted by Crippen LogP contribution is 2.31. The van der Waals surface area contributed by atoms with Crippen LogP contribution < -0.4 is 10.6 Å². The molecule has 1 aliphatic carbocycles. The second-order valence-corrected chi connectivity index (χ2v) is 5.12. The molecule has 1 heterocycles. The summed E-state index contributed by atoms with van der Waals surface area (Å²) in [5.41, 5.74) is -0.283. The molecule has 1 saturated heterocycles. The van der Waals surface area contributed by atoms with E-state index in [4.69, 9.17) is 4.74 Å². The molecule has 2 N–H and O–H groups in total. The molecule has 0 aromatic rings. The molecular weight excluding hydrogens is 240 g/mol. The third-order valence-electron chi connectivity index (χ3n) is 3.71. The van der Waals surface area contributed by atoms with Crippen molar-refractivity contribution in [3.8, 4) is 0 Å². The van der Waals surface area contributed by atoms with Crippen molar-refractivity contribution in [1.82, 2.24) is 10.6 Å². The Morgan fingerprint density at radius 3 is 2.59 bits per heavy atom. The second-order valence-electron chi connectivity index (χ2n) is 5.12. The minimum atomic E-state index is -0.283. The number of methoxy groups -OCH3 is 1. The fourth-order valence-electron chi connectivity index (χ4n) is 2.37. The van der Waals surface area contributed by atoms with Gasteiger partial charge in [0.15, 0.2) is 0 Å². The highest BCUT2D eigenvalue weighted by Gasteiger charge is 2.40. The van der Waals surface area contributed by atoms with Gasteiger partial charge in [-0.25, -0.2) is 0 Å². The summed E-state index contributed by atoms with van der Waals surface area (Å²) in [6.07, 6.45) is 4.33. The maximum Gasteiger partial charge on any atom is 0.228 e. The molecule has 1 aliphatic heterocycles. The van der Waals surface area contributed by atoms with Gasteiger partial charge in [-0.2, -0.15) is 0 Å². The van der Waals surface area contributed by atoms with Gasteiger partial charge in [0.2, 0.25) is 5.91 Å². The molecule has 0 unspecified atom stereocenters. The molecular formula is C12H23ClN2O2. The van der Waals surface area contributed by atoms with Gasteiger partial charge in [-0.05, 0) is 44.7 Å². The van der Waals surface area contributed by atoms with Crippen molar-refractivity contribution in [2.45, 2.75) is 25.7 Å². The van der Waals surface area contributed by atoms with Crippen LogP contribution >= 0.6 is 12.4 Å². The molecule has 0 atom stereocenters. The molecule has 0 aromatic heterocycles. The zero-order valence-corrected chi connectivity index (χ0v) is 11.3.